The second-order valence-corrected chi connectivity index (χ2v) is 7.71. The zero-order chi connectivity index (χ0) is 16.2. The largest absolute Gasteiger partial charge is 0.325 e. The monoisotopic (exact) mass is 335 g/mol. The molecule has 0 aliphatic rings. The third kappa shape index (κ3) is 4.14. The van der Waals surface area contributed by atoms with Crippen LogP contribution in [0, 0.1) is 18.3 Å². The summed E-state index contributed by atoms with van der Waals surface area (Å²) in [5.41, 5.74) is 0.850. The maximum Gasteiger partial charge on any atom is 0.250 e. The molecule has 0 aliphatic heterocycles. The van der Waals surface area contributed by atoms with Crippen LogP contribution in [0.25, 0.3) is 0 Å². The fourth-order valence-corrected chi connectivity index (χ4v) is 3.97. The molecule has 0 aliphatic carbocycles. The summed E-state index contributed by atoms with van der Waals surface area (Å²) in [6.07, 6.45) is 0. The maximum absolute atomic E-state index is 12.0. The third-order valence-corrected chi connectivity index (χ3v) is 5.57. The first-order valence-electron chi connectivity index (χ1n) is 6.27. The molecule has 0 atom stereocenters. The van der Waals surface area contributed by atoms with Crippen molar-refractivity contribution in [1.29, 1.82) is 5.26 Å². The molecule has 0 fully saturated rings. The zero-order valence-electron chi connectivity index (χ0n) is 11.7. The highest BCUT2D eigenvalue weighted by atomic mass is 32.2. The standard InChI is InChI=1S/C14H13N3O3S2/c1-10-5-6-14(21-10)22(19,20)16-9-13(18)17-12-4-2-3-11(7-12)8-15/h2-7,16H,9H2,1H3,(H,17,18). The van der Waals surface area contributed by atoms with Crippen molar-refractivity contribution in [3.05, 3.63) is 46.8 Å². The number of amides is 1. The number of rotatable bonds is 5. The summed E-state index contributed by atoms with van der Waals surface area (Å²) in [6, 6.07) is 11.5. The van der Waals surface area contributed by atoms with E-state index in [0.717, 1.165) is 16.2 Å². The second-order valence-electron chi connectivity index (χ2n) is 4.43. The number of carbonyl (C=O) groups is 1. The van der Waals surface area contributed by atoms with Gasteiger partial charge in [-0.3, -0.25) is 4.79 Å². The average molecular weight is 335 g/mol. The second kappa shape index (κ2) is 6.70. The van der Waals surface area contributed by atoms with Gasteiger partial charge in [0.15, 0.2) is 0 Å². The number of nitrogens with zero attached hydrogens (tertiary/aromatic N) is 1. The van der Waals surface area contributed by atoms with Gasteiger partial charge in [-0.05, 0) is 37.3 Å². The summed E-state index contributed by atoms with van der Waals surface area (Å²) >= 11 is 1.14. The molecule has 0 spiro atoms. The van der Waals surface area contributed by atoms with Crippen LogP contribution in [0.1, 0.15) is 10.4 Å². The van der Waals surface area contributed by atoms with Gasteiger partial charge in [0.1, 0.15) is 4.21 Å². The van der Waals surface area contributed by atoms with Gasteiger partial charge in [0.2, 0.25) is 5.91 Å². The van der Waals surface area contributed by atoms with Gasteiger partial charge in [0.05, 0.1) is 18.2 Å². The number of thiophene rings is 1. The van der Waals surface area contributed by atoms with Crippen LogP contribution in [0.4, 0.5) is 5.69 Å². The van der Waals surface area contributed by atoms with Crippen molar-refractivity contribution < 1.29 is 13.2 Å². The number of nitriles is 1. The summed E-state index contributed by atoms with van der Waals surface area (Å²) in [6.45, 7) is 1.43. The Morgan fingerprint density at radius 1 is 1.32 bits per heavy atom. The van der Waals surface area contributed by atoms with E-state index in [0.29, 0.717) is 11.3 Å². The Kier molecular flexibility index (Phi) is 4.92. The third-order valence-electron chi connectivity index (χ3n) is 2.68. The van der Waals surface area contributed by atoms with Gasteiger partial charge >= 0.3 is 0 Å². The molecule has 1 amide bonds. The molecular formula is C14H13N3O3S2. The van der Waals surface area contributed by atoms with E-state index < -0.39 is 15.9 Å². The summed E-state index contributed by atoms with van der Waals surface area (Å²) in [4.78, 5) is 12.7. The van der Waals surface area contributed by atoms with Gasteiger partial charge < -0.3 is 5.32 Å². The highest BCUT2D eigenvalue weighted by Crippen LogP contribution is 2.20. The molecule has 8 heteroatoms. The van der Waals surface area contributed by atoms with E-state index in [2.05, 4.69) is 10.0 Å². The molecule has 22 heavy (non-hydrogen) atoms. The molecule has 0 unspecified atom stereocenters. The lowest BCUT2D eigenvalue weighted by Crippen LogP contribution is -2.32. The summed E-state index contributed by atoms with van der Waals surface area (Å²) in [5, 5.41) is 11.3. The lowest BCUT2D eigenvalue weighted by molar-refractivity contribution is -0.115. The minimum Gasteiger partial charge on any atom is -0.325 e. The highest BCUT2D eigenvalue weighted by Gasteiger charge is 2.17. The molecule has 114 valence electrons. The summed E-state index contributed by atoms with van der Waals surface area (Å²) in [5.74, 6) is -0.507. The van der Waals surface area contributed by atoms with E-state index in [-0.39, 0.29) is 10.8 Å². The van der Waals surface area contributed by atoms with Gasteiger partial charge in [0, 0.05) is 10.6 Å². The van der Waals surface area contributed by atoms with Crippen molar-refractivity contribution in [2.24, 2.45) is 0 Å². The molecule has 1 aromatic heterocycles. The lowest BCUT2D eigenvalue weighted by atomic mass is 10.2. The van der Waals surface area contributed by atoms with Crippen molar-refractivity contribution >= 4 is 33.0 Å². The van der Waals surface area contributed by atoms with Crippen LogP contribution in [0.5, 0.6) is 0 Å². The molecule has 0 saturated carbocycles. The Morgan fingerprint density at radius 2 is 2.09 bits per heavy atom. The first kappa shape index (κ1) is 16.2. The van der Waals surface area contributed by atoms with Crippen molar-refractivity contribution in [1.82, 2.24) is 4.72 Å². The molecule has 1 aromatic carbocycles. The predicted molar refractivity (Wildman–Crippen MR) is 84.0 cm³/mol. The van der Waals surface area contributed by atoms with Crippen LogP contribution >= 0.6 is 11.3 Å². The molecule has 2 aromatic rings. The smallest absolute Gasteiger partial charge is 0.250 e. The minimum atomic E-state index is -3.68. The number of sulfonamides is 1. The Balaban J connectivity index is 1.97. The normalized spacial score (nSPS) is 10.9. The van der Waals surface area contributed by atoms with Gasteiger partial charge in [0.25, 0.3) is 10.0 Å². The average Bonchev–Trinajstić information content (AvgIpc) is 2.93. The van der Waals surface area contributed by atoms with Crippen LogP contribution in [-0.4, -0.2) is 20.9 Å². The Hall–Kier alpha value is -2.21. The van der Waals surface area contributed by atoms with Crippen molar-refractivity contribution in [2.75, 3.05) is 11.9 Å². The maximum atomic E-state index is 12.0. The van der Waals surface area contributed by atoms with Crippen molar-refractivity contribution in [2.45, 2.75) is 11.1 Å². The lowest BCUT2D eigenvalue weighted by Gasteiger charge is -2.07. The van der Waals surface area contributed by atoms with E-state index in [9.17, 15) is 13.2 Å². The molecular weight excluding hydrogens is 322 g/mol. The SMILES string of the molecule is Cc1ccc(S(=O)(=O)NCC(=O)Nc2cccc(C#N)c2)s1. The molecule has 6 nitrogen and oxygen atoms in total. The first-order chi connectivity index (χ1) is 10.4. The Morgan fingerprint density at radius 3 is 2.73 bits per heavy atom. The number of carbonyl (C=O) groups excluding carboxylic acids is 1. The fourth-order valence-electron chi connectivity index (χ4n) is 1.66. The highest BCUT2D eigenvalue weighted by molar-refractivity contribution is 7.91. The van der Waals surface area contributed by atoms with E-state index >= 15 is 0 Å². The number of benzene rings is 1. The topological polar surface area (TPSA) is 99.1 Å². The number of aryl methyl sites for hydroxylation is 1. The van der Waals surface area contributed by atoms with Gasteiger partial charge in [-0.2, -0.15) is 5.26 Å². The summed E-state index contributed by atoms with van der Waals surface area (Å²) in [7, 11) is -3.68. The number of hydrogen-bond acceptors (Lipinski definition) is 5. The minimum absolute atomic E-state index is 0.171. The number of anilines is 1. The molecule has 2 rings (SSSR count). The van der Waals surface area contributed by atoms with Gasteiger partial charge in [-0.15, -0.1) is 11.3 Å². The molecule has 0 radical (unpaired) electrons. The van der Waals surface area contributed by atoms with Gasteiger partial charge in [-0.25, -0.2) is 13.1 Å². The van der Waals surface area contributed by atoms with Crippen LogP contribution < -0.4 is 10.0 Å². The zero-order valence-corrected chi connectivity index (χ0v) is 13.3. The van der Waals surface area contributed by atoms with E-state index in [4.69, 9.17) is 5.26 Å². The van der Waals surface area contributed by atoms with Crippen molar-refractivity contribution in [3.8, 4) is 6.07 Å². The number of nitrogens with one attached hydrogen (secondary N) is 2. The number of hydrogen-bond donors (Lipinski definition) is 2. The van der Waals surface area contributed by atoms with Crippen LogP contribution in [0.15, 0.2) is 40.6 Å². The van der Waals surface area contributed by atoms with Gasteiger partial charge in [-0.1, -0.05) is 6.07 Å². The predicted octanol–water partition coefficient (Wildman–Crippen LogP) is 1.85. The molecule has 0 saturated heterocycles. The van der Waals surface area contributed by atoms with Crippen molar-refractivity contribution in [3.63, 3.8) is 0 Å². The van der Waals surface area contributed by atoms with Crippen LogP contribution in [-0.2, 0) is 14.8 Å². The Labute approximate surface area is 132 Å². The molecule has 1 heterocycles. The molecule has 2 N–H and O–H groups in total. The van der Waals surface area contributed by atoms with E-state index in [1.54, 1.807) is 31.2 Å². The van der Waals surface area contributed by atoms with E-state index in [1.807, 2.05) is 6.07 Å². The summed E-state index contributed by atoms with van der Waals surface area (Å²) < 4.78 is 26.4. The first-order valence-corrected chi connectivity index (χ1v) is 8.57. The quantitative estimate of drug-likeness (QED) is 0.871. The molecule has 0 bridgehead atoms. The van der Waals surface area contributed by atoms with Crippen LogP contribution in [0.3, 0.4) is 0 Å². The Bertz CT molecular complexity index is 835. The van der Waals surface area contributed by atoms with Crippen LogP contribution in [0.2, 0.25) is 0 Å². The fraction of sp³-hybridized carbons (Fsp3) is 0.143. The van der Waals surface area contributed by atoms with E-state index in [1.165, 1.54) is 12.1 Å².